The topological polar surface area (TPSA) is 41.9 Å². The van der Waals surface area contributed by atoms with Crippen LogP contribution in [0, 0.1) is 0 Å². The van der Waals surface area contributed by atoms with E-state index in [1.807, 2.05) is 6.92 Å². The van der Waals surface area contributed by atoms with Crippen molar-refractivity contribution in [3.63, 3.8) is 0 Å². The summed E-state index contributed by atoms with van der Waals surface area (Å²) >= 11 is 0. The molecule has 4 heteroatoms. The lowest BCUT2D eigenvalue weighted by atomic mass is 9.65. The molecular formula is C21H33NO3. The molecule has 1 aliphatic heterocycles. The van der Waals surface area contributed by atoms with Crippen LogP contribution in [-0.2, 0) is 5.41 Å². The number of benzene rings is 1. The molecule has 0 unspecified atom stereocenters. The van der Waals surface area contributed by atoms with Gasteiger partial charge in [-0.15, -0.1) is 0 Å². The highest BCUT2D eigenvalue weighted by Gasteiger charge is 2.50. The number of nitrogens with zero attached hydrogens (tertiary/aromatic N) is 1. The number of hydrogen-bond acceptors (Lipinski definition) is 4. The van der Waals surface area contributed by atoms with Gasteiger partial charge >= 0.3 is 0 Å². The molecule has 1 N–H and O–H groups in total. The molecule has 2 aliphatic rings. The summed E-state index contributed by atoms with van der Waals surface area (Å²) in [5.74, 6) is 1.72. The monoisotopic (exact) mass is 347 g/mol. The molecular weight excluding hydrogens is 314 g/mol. The standard InChI is InChI=1S/C21H33NO3/c1-4-6-13-25-19-14-16(7-8-18(19)24-5-2)21-10-9-17(23)15-20(21)22(3)12-11-21/h7-8,14,17,20,23H,4-6,9-13,15H2,1-3H3/t17-,20+,21+/m1/s1. The number of ether oxygens (including phenoxy) is 2. The van der Waals surface area contributed by atoms with Gasteiger partial charge in [-0.2, -0.15) is 0 Å². The summed E-state index contributed by atoms with van der Waals surface area (Å²) in [7, 11) is 2.19. The molecule has 2 fully saturated rings. The third-order valence-electron chi connectivity index (χ3n) is 6.07. The van der Waals surface area contributed by atoms with E-state index in [1.165, 1.54) is 5.56 Å². The van der Waals surface area contributed by atoms with Gasteiger partial charge in [-0.25, -0.2) is 0 Å². The fourth-order valence-electron chi connectivity index (χ4n) is 4.63. The molecule has 0 aromatic heterocycles. The van der Waals surface area contributed by atoms with Crippen LogP contribution in [0.5, 0.6) is 11.5 Å². The second-order valence-electron chi connectivity index (χ2n) is 7.63. The van der Waals surface area contributed by atoms with Crippen LogP contribution >= 0.6 is 0 Å². The predicted molar refractivity (Wildman–Crippen MR) is 101 cm³/mol. The number of fused-ring (bicyclic) bond motifs is 1. The average Bonchev–Trinajstić information content (AvgIpc) is 2.94. The SMILES string of the molecule is CCCCOc1cc([C@@]23CC[C@@H](O)C[C@@H]2N(C)CC3)ccc1OCC. The Labute approximate surface area is 152 Å². The maximum absolute atomic E-state index is 10.2. The lowest BCUT2D eigenvalue weighted by Gasteiger charge is -2.43. The first kappa shape index (κ1) is 18.5. The van der Waals surface area contributed by atoms with E-state index in [-0.39, 0.29) is 11.5 Å². The summed E-state index contributed by atoms with van der Waals surface area (Å²) in [6.07, 6.45) is 5.98. The van der Waals surface area contributed by atoms with Crippen LogP contribution in [0.15, 0.2) is 18.2 Å². The lowest BCUT2D eigenvalue weighted by Crippen LogP contribution is -2.47. The number of unbranched alkanes of at least 4 members (excludes halogenated alkanes) is 1. The number of aliphatic hydroxyl groups excluding tert-OH is 1. The van der Waals surface area contributed by atoms with E-state index in [9.17, 15) is 5.11 Å². The third-order valence-corrected chi connectivity index (χ3v) is 6.07. The van der Waals surface area contributed by atoms with Crippen molar-refractivity contribution in [1.82, 2.24) is 4.90 Å². The van der Waals surface area contributed by atoms with Gasteiger partial charge in [0.05, 0.1) is 19.3 Å². The summed E-state index contributed by atoms with van der Waals surface area (Å²) < 4.78 is 11.8. The molecule has 1 saturated carbocycles. The Hall–Kier alpha value is -1.26. The van der Waals surface area contributed by atoms with Crippen molar-refractivity contribution >= 4 is 0 Å². The molecule has 3 atom stereocenters. The Morgan fingerprint density at radius 3 is 2.80 bits per heavy atom. The van der Waals surface area contributed by atoms with Crippen molar-refractivity contribution in [2.45, 2.75) is 69.9 Å². The largest absolute Gasteiger partial charge is 0.490 e. The number of likely N-dealkylation sites (N-methyl/N-ethyl adjacent to an activating group) is 1. The van der Waals surface area contributed by atoms with Crippen LogP contribution in [0.2, 0.25) is 0 Å². The Kier molecular flexibility index (Phi) is 5.90. The molecule has 0 radical (unpaired) electrons. The molecule has 1 aliphatic carbocycles. The zero-order chi connectivity index (χ0) is 17.9. The van der Waals surface area contributed by atoms with Gasteiger partial charge in [0.15, 0.2) is 11.5 Å². The molecule has 4 nitrogen and oxygen atoms in total. The summed E-state index contributed by atoms with van der Waals surface area (Å²) in [6, 6.07) is 6.93. The van der Waals surface area contributed by atoms with E-state index in [0.29, 0.717) is 12.6 Å². The van der Waals surface area contributed by atoms with Gasteiger partial charge in [-0.1, -0.05) is 19.4 Å². The Bertz CT molecular complexity index is 576. The molecule has 0 bridgehead atoms. The van der Waals surface area contributed by atoms with Crippen molar-refractivity contribution < 1.29 is 14.6 Å². The Balaban J connectivity index is 1.91. The maximum Gasteiger partial charge on any atom is 0.161 e. The number of likely N-dealkylation sites (tertiary alicyclic amines) is 1. The van der Waals surface area contributed by atoms with E-state index in [0.717, 1.165) is 63.2 Å². The van der Waals surface area contributed by atoms with Gasteiger partial charge in [0.25, 0.3) is 0 Å². The van der Waals surface area contributed by atoms with Gasteiger partial charge in [-0.05, 0) is 70.3 Å². The number of aliphatic hydroxyl groups is 1. The van der Waals surface area contributed by atoms with E-state index in [4.69, 9.17) is 9.47 Å². The highest BCUT2D eigenvalue weighted by Crippen LogP contribution is 2.49. The van der Waals surface area contributed by atoms with Crippen LogP contribution in [0.3, 0.4) is 0 Å². The normalized spacial score (nSPS) is 29.4. The smallest absolute Gasteiger partial charge is 0.161 e. The van der Waals surface area contributed by atoms with Gasteiger partial charge in [0, 0.05) is 11.5 Å². The van der Waals surface area contributed by atoms with E-state index >= 15 is 0 Å². The fraction of sp³-hybridized carbons (Fsp3) is 0.714. The van der Waals surface area contributed by atoms with Gasteiger partial charge < -0.3 is 19.5 Å². The zero-order valence-electron chi connectivity index (χ0n) is 16.0. The molecule has 1 aromatic rings. The molecule has 140 valence electrons. The quantitative estimate of drug-likeness (QED) is 0.763. The van der Waals surface area contributed by atoms with E-state index in [2.05, 4.69) is 37.1 Å². The fourth-order valence-corrected chi connectivity index (χ4v) is 4.63. The molecule has 3 rings (SSSR count). The second kappa shape index (κ2) is 7.96. The highest BCUT2D eigenvalue weighted by molar-refractivity contribution is 5.46. The summed E-state index contributed by atoms with van der Waals surface area (Å²) in [5, 5.41) is 10.2. The first-order valence-corrected chi connectivity index (χ1v) is 9.89. The van der Waals surface area contributed by atoms with Gasteiger partial charge in [0.2, 0.25) is 0 Å². The van der Waals surface area contributed by atoms with Crippen LogP contribution < -0.4 is 9.47 Å². The molecule has 1 saturated heterocycles. The van der Waals surface area contributed by atoms with Crippen LogP contribution in [0.4, 0.5) is 0 Å². The average molecular weight is 347 g/mol. The van der Waals surface area contributed by atoms with Crippen molar-refractivity contribution in [3.05, 3.63) is 23.8 Å². The van der Waals surface area contributed by atoms with Crippen LogP contribution in [0.25, 0.3) is 0 Å². The molecule has 1 heterocycles. The summed E-state index contributed by atoms with van der Waals surface area (Å²) in [4.78, 5) is 2.43. The zero-order valence-corrected chi connectivity index (χ0v) is 16.0. The first-order valence-electron chi connectivity index (χ1n) is 9.89. The summed E-state index contributed by atoms with van der Waals surface area (Å²) in [6.45, 7) is 6.65. The predicted octanol–water partition coefficient (Wildman–Crippen LogP) is 3.75. The Morgan fingerprint density at radius 2 is 2.04 bits per heavy atom. The van der Waals surface area contributed by atoms with Crippen molar-refractivity contribution in [3.8, 4) is 11.5 Å². The lowest BCUT2D eigenvalue weighted by molar-refractivity contribution is 0.0566. The molecule has 1 aromatic carbocycles. The minimum atomic E-state index is -0.165. The van der Waals surface area contributed by atoms with Gasteiger partial charge in [-0.3, -0.25) is 0 Å². The van der Waals surface area contributed by atoms with Crippen molar-refractivity contribution in [2.24, 2.45) is 0 Å². The minimum Gasteiger partial charge on any atom is -0.490 e. The highest BCUT2D eigenvalue weighted by atomic mass is 16.5. The Morgan fingerprint density at radius 1 is 1.20 bits per heavy atom. The van der Waals surface area contributed by atoms with Crippen LogP contribution in [-0.4, -0.2) is 49.0 Å². The van der Waals surface area contributed by atoms with E-state index < -0.39 is 0 Å². The van der Waals surface area contributed by atoms with Crippen molar-refractivity contribution in [2.75, 3.05) is 26.8 Å². The van der Waals surface area contributed by atoms with E-state index in [1.54, 1.807) is 0 Å². The maximum atomic E-state index is 10.2. The van der Waals surface area contributed by atoms with Crippen LogP contribution in [0.1, 0.15) is 57.9 Å². The number of hydrogen-bond donors (Lipinski definition) is 1. The summed E-state index contributed by atoms with van der Waals surface area (Å²) in [5.41, 5.74) is 1.49. The second-order valence-corrected chi connectivity index (χ2v) is 7.63. The molecule has 0 amide bonds. The molecule has 0 spiro atoms. The third kappa shape index (κ3) is 3.65. The minimum absolute atomic E-state index is 0.140. The number of rotatable bonds is 7. The first-order chi connectivity index (χ1) is 12.1. The molecule has 25 heavy (non-hydrogen) atoms. The van der Waals surface area contributed by atoms with Gasteiger partial charge in [0.1, 0.15) is 0 Å². The van der Waals surface area contributed by atoms with Crippen molar-refractivity contribution in [1.29, 1.82) is 0 Å².